The van der Waals surface area contributed by atoms with Crippen LogP contribution >= 0.6 is 11.6 Å². The van der Waals surface area contributed by atoms with Gasteiger partial charge < -0.3 is 14.6 Å². The van der Waals surface area contributed by atoms with Crippen LogP contribution in [-0.4, -0.2) is 35.6 Å². The molecule has 0 aromatic rings. The smallest absolute Gasteiger partial charge is 0.171 e. The van der Waals surface area contributed by atoms with Crippen molar-refractivity contribution >= 4 is 11.6 Å². The van der Waals surface area contributed by atoms with Gasteiger partial charge in [0.2, 0.25) is 0 Å². The summed E-state index contributed by atoms with van der Waals surface area (Å²) in [6, 6.07) is 0. The van der Waals surface area contributed by atoms with Crippen molar-refractivity contribution in [1.29, 1.82) is 0 Å². The third-order valence-corrected chi connectivity index (χ3v) is 3.27. The average Bonchev–Trinajstić information content (AvgIpc) is 2.72. The molecule has 2 saturated heterocycles. The van der Waals surface area contributed by atoms with Crippen LogP contribution in [0.5, 0.6) is 0 Å². The topological polar surface area (TPSA) is 38.7 Å². The van der Waals surface area contributed by atoms with E-state index in [1.807, 2.05) is 0 Å². The Morgan fingerprint density at radius 3 is 3.00 bits per heavy atom. The molecule has 4 heteroatoms. The van der Waals surface area contributed by atoms with Crippen LogP contribution in [0, 0.1) is 0 Å². The van der Waals surface area contributed by atoms with E-state index in [0.29, 0.717) is 12.3 Å². The van der Waals surface area contributed by atoms with Crippen LogP contribution in [0.25, 0.3) is 0 Å². The van der Waals surface area contributed by atoms with Gasteiger partial charge in [0, 0.05) is 18.7 Å². The summed E-state index contributed by atoms with van der Waals surface area (Å²) in [6.07, 6.45) is 3.84. The van der Waals surface area contributed by atoms with Crippen LogP contribution in [0.2, 0.25) is 0 Å². The molecule has 0 bridgehead atoms. The Morgan fingerprint density at radius 2 is 2.36 bits per heavy atom. The van der Waals surface area contributed by atoms with Gasteiger partial charge in [0.15, 0.2) is 5.79 Å². The van der Waals surface area contributed by atoms with Gasteiger partial charge >= 0.3 is 0 Å². The first kappa shape index (κ1) is 10.7. The maximum absolute atomic E-state index is 9.79. The number of hydrogen-bond donors (Lipinski definition) is 1. The highest BCUT2D eigenvalue weighted by Gasteiger charge is 2.48. The summed E-state index contributed by atoms with van der Waals surface area (Å²) < 4.78 is 11.4. The Balaban J connectivity index is 1.89. The standard InChI is InChI=1S/C10H17ClO3/c11-5-1-3-9-8(12)7-10(14-9)4-2-6-13-10/h8-9,12H,1-7H2/t8-,9-,10?/m0/s1. The Hall–Kier alpha value is 0.170. The highest BCUT2D eigenvalue weighted by Crippen LogP contribution is 2.40. The van der Waals surface area contributed by atoms with E-state index < -0.39 is 5.79 Å². The minimum Gasteiger partial charge on any atom is -0.390 e. The van der Waals surface area contributed by atoms with E-state index in [1.54, 1.807) is 0 Å². The summed E-state index contributed by atoms with van der Waals surface area (Å²) >= 11 is 5.61. The monoisotopic (exact) mass is 220 g/mol. The van der Waals surface area contributed by atoms with Crippen molar-refractivity contribution in [2.75, 3.05) is 12.5 Å². The molecule has 1 spiro atoms. The third-order valence-electron chi connectivity index (χ3n) is 3.00. The van der Waals surface area contributed by atoms with Gasteiger partial charge in [-0.25, -0.2) is 0 Å². The number of aliphatic hydroxyl groups is 1. The minimum atomic E-state index is -0.462. The van der Waals surface area contributed by atoms with E-state index in [0.717, 1.165) is 32.3 Å². The predicted octanol–water partition coefficient (Wildman–Crippen LogP) is 1.66. The maximum Gasteiger partial charge on any atom is 0.171 e. The van der Waals surface area contributed by atoms with Crippen molar-refractivity contribution in [2.24, 2.45) is 0 Å². The molecular formula is C10H17ClO3. The highest BCUT2D eigenvalue weighted by atomic mass is 35.5. The Morgan fingerprint density at radius 1 is 1.50 bits per heavy atom. The number of hydrogen-bond acceptors (Lipinski definition) is 3. The second kappa shape index (κ2) is 4.35. The van der Waals surface area contributed by atoms with Gasteiger partial charge in [0.05, 0.1) is 18.8 Å². The fourth-order valence-corrected chi connectivity index (χ4v) is 2.46. The Labute approximate surface area is 89.3 Å². The lowest BCUT2D eigenvalue weighted by Crippen LogP contribution is -2.27. The van der Waals surface area contributed by atoms with Crippen LogP contribution in [0.15, 0.2) is 0 Å². The zero-order chi connectivity index (χ0) is 10.0. The van der Waals surface area contributed by atoms with Crippen LogP contribution < -0.4 is 0 Å². The Bertz CT molecular complexity index is 192. The molecule has 82 valence electrons. The van der Waals surface area contributed by atoms with Crippen molar-refractivity contribution in [3.63, 3.8) is 0 Å². The molecule has 2 heterocycles. The second-order valence-corrected chi connectivity index (χ2v) is 4.50. The molecule has 0 aromatic carbocycles. The molecule has 0 aliphatic carbocycles. The molecule has 2 aliphatic heterocycles. The van der Waals surface area contributed by atoms with Crippen molar-refractivity contribution < 1.29 is 14.6 Å². The number of aliphatic hydroxyl groups excluding tert-OH is 1. The lowest BCUT2D eigenvalue weighted by Gasteiger charge is -2.22. The Kier molecular flexibility index (Phi) is 3.32. The molecule has 1 N–H and O–H groups in total. The van der Waals surface area contributed by atoms with Crippen LogP contribution in [-0.2, 0) is 9.47 Å². The summed E-state index contributed by atoms with van der Waals surface area (Å²) in [5, 5.41) is 9.79. The van der Waals surface area contributed by atoms with E-state index in [-0.39, 0.29) is 12.2 Å². The third kappa shape index (κ3) is 2.06. The molecular weight excluding hydrogens is 204 g/mol. The molecule has 0 amide bonds. The van der Waals surface area contributed by atoms with Crippen molar-refractivity contribution in [3.05, 3.63) is 0 Å². The van der Waals surface area contributed by atoms with Gasteiger partial charge in [-0.3, -0.25) is 0 Å². The average molecular weight is 221 g/mol. The zero-order valence-corrected chi connectivity index (χ0v) is 9.00. The summed E-state index contributed by atoms with van der Waals surface area (Å²) in [6.45, 7) is 0.759. The first-order valence-corrected chi connectivity index (χ1v) is 5.85. The molecule has 0 saturated carbocycles. The molecule has 14 heavy (non-hydrogen) atoms. The number of halogens is 1. The number of rotatable bonds is 3. The van der Waals surface area contributed by atoms with Gasteiger partial charge in [-0.1, -0.05) is 0 Å². The molecule has 3 atom stereocenters. The summed E-state index contributed by atoms with van der Waals surface area (Å²) in [5.74, 6) is 0.164. The van der Waals surface area contributed by atoms with E-state index in [2.05, 4.69) is 0 Å². The quantitative estimate of drug-likeness (QED) is 0.736. The van der Waals surface area contributed by atoms with E-state index in [4.69, 9.17) is 21.1 Å². The van der Waals surface area contributed by atoms with Crippen LogP contribution in [0.3, 0.4) is 0 Å². The van der Waals surface area contributed by atoms with E-state index in [1.165, 1.54) is 0 Å². The predicted molar refractivity (Wildman–Crippen MR) is 53.4 cm³/mol. The molecule has 1 unspecified atom stereocenters. The normalized spacial score (nSPS) is 42.4. The molecule has 0 radical (unpaired) electrons. The maximum atomic E-state index is 9.79. The van der Waals surface area contributed by atoms with Gasteiger partial charge in [0.1, 0.15) is 0 Å². The number of alkyl halides is 1. The molecule has 2 rings (SSSR count). The first-order chi connectivity index (χ1) is 6.76. The van der Waals surface area contributed by atoms with Crippen molar-refractivity contribution in [1.82, 2.24) is 0 Å². The summed E-state index contributed by atoms with van der Waals surface area (Å²) in [7, 11) is 0. The van der Waals surface area contributed by atoms with Crippen LogP contribution in [0.1, 0.15) is 32.1 Å². The lowest BCUT2D eigenvalue weighted by atomic mass is 10.0. The molecule has 3 nitrogen and oxygen atoms in total. The highest BCUT2D eigenvalue weighted by molar-refractivity contribution is 6.17. The fraction of sp³-hybridized carbons (Fsp3) is 1.00. The molecule has 2 fully saturated rings. The second-order valence-electron chi connectivity index (χ2n) is 4.12. The number of ether oxygens (including phenoxy) is 2. The largest absolute Gasteiger partial charge is 0.390 e. The van der Waals surface area contributed by atoms with Crippen molar-refractivity contribution in [2.45, 2.75) is 50.1 Å². The van der Waals surface area contributed by atoms with Gasteiger partial charge in [-0.2, -0.15) is 0 Å². The van der Waals surface area contributed by atoms with Gasteiger partial charge in [0.25, 0.3) is 0 Å². The summed E-state index contributed by atoms with van der Waals surface area (Å²) in [5.41, 5.74) is 0. The molecule has 2 aliphatic rings. The van der Waals surface area contributed by atoms with Crippen molar-refractivity contribution in [3.8, 4) is 0 Å². The SMILES string of the molecule is O[C@H]1CC2(CCCO2)O[C@H]1CCCCl. The summed E-state index contributed by atoms with van der Waals surface area (Å²) in [4.78, 5) is 0. The lowest BCUT2D eigenvalue weighted by molar-refractivity contribution is -0.200. The van der Waals surface area contributed by atoms with Crippen LogP contribution in [0.4, 0.5) is 0 Å². The zero-order valence-electron chi connectivity index (χ0n) is 8.25. The van der Waals surface area contributed by atoms with E-state index in [9.17, 15) is 5.11 Å². The fourth-order valence-electron chi connectivity index (χ4n) is 2.31. The minimum absolute atomic E-state index is 0.0770. The molecule has 0 aromatic heterocycles. The van der Waals surface area contributed by atoms with E-state index >= 15 is 0 Å². The van der Waals surface area contributed by atoms with Gasteiger partial charge in [-0.15, -0.1) is 11.6 Å². The first-order valence-electron chi connectivity index (χ1n) is 5.32. The van der Waals surface area contributed by atoms with Gasteiger partial charge in [-0.05, 0) is 19.3 Å².